The molecular weight excluding hydrogens is 270 g/mol. The standard InChI is InChI=1S/C15H21N3O3/c16-12-6-8-18(9-7-12)15(21)17-13(10-14(19)20)11-4-2-1-3-5-11/h1-5,12-13H,6-10,16H2,(H,17,21)(H,19,20). The van der Waals surface area contributed by atoms with Crippen molar-refractivity contribution in [3.8, 4) is 0 Å². The second-order valence-corrected chi connectivity index (χ2v) is 5.34. The van der Waals surface area contributed by atoms with Crippen LogP contribution >= 0.6 is 0 Å². The van der Waals surface area contributed by atoms with E-state index in [1.807, 2.05) is 30.3 Å². The predicted octanol–water partition coefficient (Wildman–Crippen LogP) is 1.34. The van der Waals surface area contributed by atoms with E-state index in [2.05, 4.69) is 5.32 Å². The van der Waals surface area contributed by atoms with E-state index >= 15 is 0 Å². The molecule has 21 heavy (non-hydrogen) atoms. The first kappa shape index (κ1) is 15.3. The first-order chi connectivity index (χ1) is 10.1. The zero-order chi connectivity index (χ0) is 15.2. The molecule has 1 saturated heterocycles. The molecule has 1 aromatic carbocycles. The normalized spacial score (nSPS) is 17.3. The van der Waals surface area contributed by atoms with E-state index in [1.54, 1.807) is 4.90 Å². The fourth-order valence-electron chi connectivity index (χ4n) is 2.46. The molecule has 1 heterocycles. The van der Waals surface area contributed by atoms with Gasteiger partial charge < -0.3 is 21.1 Å². The zero-order valence-corrected chi connectivity index (χ0v) is 11.9. The molecule has 114 valence electrons. The van der Waals surface area contributed by atoms with E-state index in [4.69, 9.17) is 10.8 Å². The highest BCUT2D eigenvalue weighted by molar-refractivity contribution is 5.76. The predicted molar refractivity (Wildman–Crippen MR) is 78.7 cm³/mol. The van der Waals surface area contributed by atoms with Crippen LogP contribution in [0.1, 0.15) is 30.9 Å². The SMILES string of the molecule is NC1CCN(C(=O)NC(CC(=O)O)c2ccccc2)CC1. The minimum atomic E-state index is -0.940. The van der Waals surface area contributed by atoms with E-state index in [0.29, 0.717) is 13.1 Å². The lowest BCUT2D eigenvalue weighted by Gasteiger charge is -2.31. The van der Waals surface area contributed by atoms with Gasteiger partial charge in [-0.1, -0.05) is 30.3 Å². The third-order valence-electron chi connectivity index (χ3n) is 3.71. The molecule has 1 atom stereocenters. The first-order valence-corrected chi connectivity index (χ1v) is 7.14. The number of hydrogen-bond donors (Lipinski definition) is 3. The number of piperidine rings is 1. The quantitative estimate of drug-likeness (QED) is 0.780. The van der Waals surface area contributed by atoms with Gasteiger partial charge in [0.15, 0.2) is 0 Å². The summed E-state index contributed by atoms with van der Waals surface area (Å²) in [7, 11) is 0. The fourth-order valence-corrected chi connectivity index (χ4v) is 2.46. The molecule has 1 aromatic rings. The van der Waals surface area contributed by atoms with Crippen LogP contribution in [-0.2, 0) is 4.79 Å². The van der Waals surface area contributed by atoms with Gasteiger partial charge in [0.2, 0.25) is 0 Å². The van der Waals surface area contributed by atoms with Gasteiger partial charge in [-0.25, -0.2) is 4.79 Å². The maximum atomic E-state index is 12.3. The number of rotatable bonds is 4. The lowest BCUT2D eigenvalue weighted by molar-refractivity contribution is -0.137. The van der Waals surface area contributed by atoms with Crippen molar-refractivity contribution in [1.82, 2.24) is 10.2 Å². The van der Waals surface area contributed by atoms with Gasteiger partial charge in [-0.15, -0.1) is 0 Å². The summed E-state index contributed by atoms with van der Waals surface area (Å²) in [5.41, 5.74) is 6.61. The topological polar surface area (TPSA) is 95.7 Å². The van der Waals surface area contributed by atoms with Crippen molar-refractivity contribution in [3.63, 3.8) is 0 Å². The van der Waals surface area contributed by atoms with Crippen LogP contribution in [0.25, 0.3) is 0 Å². The van der Waals surface area contributed by atoms with Crippen molar-refractivity contribution >= 4 is 12.0 Å². The maximum absolute atomic E-state index is 12.3. The summed E-state index contributed by atoms with van der Waals surface area (Å²) >= 11 is 0. The Balaban J connectivity index is 2.01. The lowest BCUT2D eigenvalue weighted by Crippen LogP contribution is -2.48. The van der Waals surface area contributed by atoms with Gasteiger partial charge in [-0.2, -0.15) is 0 Å². The monoisotopic (exact) mass is 291 g/mol. The minimum absolute atomic E-state index is 0.136. The number of urea groups is 1. The third-order valence-corrected chi connectivity index (χ3v) is 3.71. The molecule has 1 aliphatic rings. The number of hydrogen-bond acceptors (Lipinski definition) is 3. The molecule has 0 aliphatic carbocycles. The molecule has 0 radical (unpaired) electrons. The molecule has 0 aromatic heterocycles. The summed E-state index contributed by atoms with van der Waals surface area (Å²) in [4.78, 5) is 24.9. The Morgan fingerprint density at radius 1 is 1.29 bits per heavy atom. The van der Waals surface area contributed by atoms with E-state index in [1.165, 1.54) is 0 Å². The molecule has 1 fully saturated rings. The minimum Gasteiger partial charge on any atom is -0.481 e. The van der Waals surface area contributed by atoms with Gasteiger partial charge in [0, 0.05) is 19.1 Å². The van der Waals surface area contributed by atoms with Crippen molar-refractivity contribution in [3.05, 3.63) is 35.9 Å². The summed E-state index contributed by atoms with van der Waals surface area (Å²) in [6, 6.07) is 8.56. The molecule has 0 bridgehead atoms. The Morgan fingerprint density at radius 3 is 2.48 bits per heavy atom. The number of benzene rings is 1. The van der Waals surface area contributed by atoms with Crippen LogP contribution in [0.3, 0.4) is 0 Å². The van der Waals surface area contributed by atoms with Crippen LogP contribution in [0.4, 0.5) is 4.79 Å². The number of nitrogens with one attached hydrogen (secondary N) is 1. The van der Waals surface area contributed by atoms with E-state index < -0.39 is 12.0 Å². The number of nitrogens with two attached hydrogens (primary N) is 1. The summed E-state index contributed by atoms with van der Waals surface area (Å²) in [6.45, 7) is 1.23. The zero-order valence-electron chi connectivity index (χ0n) is 11.9. The van der Waals surface area contributed by atoms with Crippen molar-refractivity contribution in [2.24, 2.45) is 5.73 Å². The van der Waals surface area contributed by atoms with E-state index in [9.17, 15) is 9.59 Å². The summed E-state index contributed by atoms with van der Waals surface area (Å²) in [5.74, 6) is -0.940. The van der Waals surface area contributed by atoms with Crippen molar-refractivity contribution in [2.45, 2.75) is 31.3 Å². The number of carboxylic acid groups (broad SMARTS) is 1. The average molecular weight is 291 g/mol. The molecule has 6 heteroatoms. The second kappa shape index (κ2) is 7.08. The van der Waals surface area contributed by atoms with Crippen LogP contribution in [0.15, 0.2) is 30.3 Å². The summed E-state index contributed by atoms with van der Waals surface area (Å²) < 4.78 is 0. The number of likely N-dealkylation sites (tertiary alicyclic amines) is 1. The lowest BCUT2D eigenvalue weighted by atomic mass is 10.0. The fraction of sp³-hybridized carbons (Fsp3) is 0.467. The maximum Gasteiger partial charge on any atom is 0.317 e. The van der Waals surface area contributed by atoms with Gasteiger partial charge in [0.25, 0.3) is 0 Å². The molecule has 1 unspecified atom stereocenters. The van der Waals surface area contributed by atoms with Crippen molar-refractivity contribution < 1.29 is 14.7 Å². The molecule has 6 nitrogen and oxygen atoms in total. The van der Waals surface area contributed by atoms with Crippen molar-refractivity contribution in [1.29, 1.82) is 0 Å². The number of nitrogens with zero attached hydrogens (tertiary/aromatic N) is 1. The Bertz CT molecular complexity index is 484. The number of amides is 2. The van der Waals surface area contributed by atoms with E-state index in [0.717, 1.165) is 18.4 Å². The summed E-state index contributed by atoms with van der Waals surface area (Å²) in [6.07, 6.45) is 1.42. The van der Waals surface area contributed by atoms with Crippen LogP contribution in [0.5, 0.6) is 0 Å². The third kappa shape index (κ3) is 4.46. The highest BCUT2D eigenvalue weighted by Gasteiger charge is 2.24. The number of carbonyl (C=O) groups excluding carboxylic acids is 1. The van der Waals surface area contributed by atoms with Crippen LogP contribution in [0, 0.1) is 0 Å². The molecule has 4 N–H and O–H groups in total. The molecule has 1 aliphatic heterocycles. The highest BCUT2D eigenvalue weighted by atomic mass is 16.4. The average Bonchev–Trinajstić information content (AvgIpc) is 2.47. The van der Waals surface area contributed by atoms with E-state index in [-0.39, 0.29) is 18.5 Å². The smallest absolute Gasteiger partial charge is 0.317 e. The van der Waals surface area contributed by atoms with Gasteiger partial charge in [0.05, 0.1) is 12.5 Å². The van der Waals surface area contributed by atoms with Crippen molar-refractivity contribution in [2.75, 3.05) is 13.1 Å². The van der Waals surface area contributed by atoms with Gasteiger partial charge in [0.1, 0.15) is 0 Å². The van der Waals surface area contributed by atoms with Gasteiger partial charge in [-0.05, 0) is 18.4 Å². The molecule has 0 spiro atoms. The number of carboxylic acids is 1. The van der Waals surface area contributed by atoms with Gasteiger partial charge in [-0.3, -0.25) is 4.79 Å². The largest absolute Gasteiger partial charge is 0.481 e. The Hall–Kier alpha value is -2.08. The second-order valence-electron chi connectivity index (χ2n) is 5.34. The molecule has 0 saturated carbocycles. The van der Waals surface area contributed by atoms with Crippen LogP contribution < -0.4 is 11.1 Å². The molecule has 2 rings (SSSR count). The Labute approximate surface area is 123 Å². The first-order valence-electron chi connectivity index (χ1n) is 7.14. The highest BCUT2D eigenvalue weighted by Crippen LogP contribution is 2.18. The van der Waals surface area contributed by atoms with Crippen LogP contribution in [-0.4, -0.2) is 41.1 Å². The van der Waals surface area contributed by atoms with Crippen LogP contribution in [0.2, 0.25) is 0 Å². The number of aliphatic carboxylic acids is 1. The molecule has 2 amide bonds. The Morgan fingerprint density at radius 2 is 1.90 bits per heavy atom. The molecular formula is C15H21N3O3. The van der Waals surface area contributed by atoms with Gasteiger partial charge >= 0.3 is 12.0 Å². The Kier molecular flexibility index (Phi) is 5.16. The number of carbonyl (C=O) groups is 2. The summed E-state index contributed by atoms with van der Waals surface area (Å²) in [5, 5.41) is 11.8.